The highest BCUT2D eigenvalue weighted by Gasteiger charge is 2.51. The summed E-state index contributed by atoms with van der Waals surface area (Å²) in [6.07, 6.45) is -4.58. The van der Waals surface area contributed by atoms with E-state index in [0.717, 1.165) is 12.1 Å². The lowest BCUT2D eigenvalue weighted by atomic mass is 9.69. The number of urea groups is 1. The molecule has 4 aromatic carbocycles. The van der Waals surface area contributed by atoms with E-state index in [0.29, 0.717) is 33.5 Å². The molecule has 0 saturated heterocycles. The molecule has 6 nitrogen and oxygen atoms in total. The highest BCUT2D eigenvalue weighted by Crippen LogP contribution is 2.50. The van der Waals surface area contributed by atoms with Crippen molar-refractivity contribution in [3.8, 4) is 5.75 Å². The van der Waals surface area contributed by atoms with Gasteiger partial charge in [0.1, 0.15) is 11.2 Å². The summed E-state index contributed by atoms with van der Waals surface area (Å²) in [5, 5.41) is 18.6. The van der Waals surface area contributed by atoms with Gasteiger partial charge in [-0.2, -0.15) is 13.2 Å². The summed E-state index contributed by atoms with van der Waals surface area (Å²) in [5.74, 6) is -0.476. The second kappa shape index (κ2) is 9.50. The molecule has 5 rings (SSSR count). The molecule has 39 heavy (non-hydrogen) atoms. The number of fused-ring (bicyclic) bond motifs is 1. The molecule has 0 aromatic heterocycles. The summed E-state index contributed by atoms with van der Waals surface area (Å²) in [6.45, 7) is 3.17. The number of rotatable bonds is 4. The van der Waals surface area contributed by atoms with Gasteiger partial charge in [0.25, 0.3) is 0 Å². The first kappa shape index (κ1) is 25.8. The van der Waals surface area contributed by atoms with Gasteiger partial charge in [-0.3, -0.25) is 4.79 Å². The maximum absolute atomic E-state index is 13.8. The topological polar surface area (TPSA) is 90.5 Å². The predicted molar refractivity (Wildman–Crippen MR) is 143 cm³/mol. The number of carbonyl (C=O) groups is 2. The van der Waals surface area contributed by atoms with Crippen molar-refractivity contribution in [2.45, 2.75) is 25.4 Å². The van der Waals surface area contributed by atoms with Crippen LogP contribution < -0.4 is 16.0 Å². The van der Waals surface area contributed by atoms with Crippen LogP contribution in [0.15, 0.2) is 84.9 Å². The number of para-hydroxylation sites is 1. The molecule has 0 aliphatic carbocycles. The molecule has 1 heterocycles. The monoisotopic (exact) mass is 531 g/mol. The summed E-state index contributed by atoms with van der Waals surface area (Å²) in [4.78, 5) is 26.9. The summed E-state index contributed by atoms with van der Waals surface area (Å²) in [6, 6.07) is 21.6. The van der Waals surface area contributed by atoms with E-state index in [1.807, 2.05) is 12.1 Å². The molecule has 198 valence electrons. The standard InChI is InChI=1S/C30H24F3N3O3/c1-17-12-20(30(31,32)33)15-21(13-17)34-28(39)36-25-16-26(37)18(2)14-23(25)29(19-8-4-3-5-9-19)22-10-6-7-11-24(22)35-27(29)38/h3-16,37H,1-2H3,(H,35,38)(H2,34,36,39). The Balaban J connectivity index is 1.63. The van der Waals surface area contributed by atoms with Gasteiger partial charge in [0.15, 0.2) is 0 Å². The SMILES string of the molecule is Cc1cc(NC(=O)Nc2cc(O)c(C)cc2C2(c3ccccc3)C(=O)Nc3ccccc32)cc(C(F)(F)F)c1. The van der Waals surface area contributed by atoms with Crippen molar-refractivity contribution >= 4 is 29.0 Å². The van der Waals surface area contributed by atoms with E-state index in [2.05, 4.69) is 16.0 Å². The fourth-order valence-electron chi connectivity index (χ4n) is 5.07. The number of phenolic OH excluding ortho intramolecular Hbond substituents is 1. The van der Waals surface area contributed by atoms with E-state index in [4.69, 9.17) is 0 Å². The Bertz CT molecular complexity index is 1600. The maximum Gasteiger partial charge on any atom is 0.416 e. The van der Waals surface area contributed by atoms with Crippen molar-refractivity contribution in [1.82, 2.24) is 0 Å². The smallest absolute Gasteiger partial charge is 0.416 e. The van der Waals surface area contributed by atoms with E-state index < -0.39 is 23.2 Å². The number of phenols is 1. The molecule has 0 spiro atoms. The Kier molecular flexibility index (Phi) is 6.30. The first-order valence-corrected chi connectivity index (χ1v) is 12.1. The molecule has 1 unspecified atom stereocenters. The fraction of sp³-hybridized carbons (Fsp3) is 0.133. The van der Waals surface area contributed by atoms with Gasteiger partial charge < -0.3 is 21.1 Å². The third-order valence-electron chi connectivity index (χ3n) is 6.78. The van der Waals surface area contributed by atoms with Crippen molar-refractivity contribution in [2.24, 2.45) is 0 Å². The van der Waals surface area contributed by atoms with Gasteiger partial charge in [0, 0.05) is 28.6 Å². The van der Waals surface area contributed by atoms with Crippen LogP contribution in [0.3, 0.4) is 0 Å². The summed E-state index contributed by atoms with van der Waals surface area (Å²) >= 11 is 0. The number of alkyl halides is 3. The number of hydrogen-bond donors (Lipinski definition) is 4. The van der Waals surface area contributed by atoms with Crippen LogP contribution >= 0.6 is 0 Å². The van der Waals surface area contributed by atoms with Crippen LogP contribution in [0.1, 0.15) is 33.4 Å². The highest BCUT2D eigenvalue weighted by atomic mass is 19.4. The van der Waals surface area contributed by atoms with Crippen LogP contribution in [0.25, 0.3) is 0 Å². The minimum Gasteiger partial charge on any atom is -0.508 e. The fourth-order valence-corrected chi connectivity index (χ4v) is 5.07. The zero-order valence-electron chi connectivity index (χ0n) is 21.0. The molecule has 0 bridgehead atoms. The number of hydrogen-bond acceptors (Lipinski definition) is 3. The number of aryl methyl sites for hydroxylation is 2. The molecule has 0 radical (unpaired) electrons. The summed E-state index contributed by atoms with van der Waals surface area (Å²) < 4.78 is 39.9. The normalized spacial score (nSPS) is 16.4. The Labute approximate surface area is 222 Å². The van der Waals surface area contributed by atoms with E-state index >= 15 is 0 Å². The molecular weight excluding hydrogens is 507 g/mol. The van der Waals surface area contributed by atoms with Crippen LogP contribution in [-0.2, 0) is 16.4 Å². The van der Waals surface area contributed by atoms with Gasteiger partial charge >= 0.3 is 12.2 Å². The van der Waals surface area contributed by atoms with E-state index in [-0.39, 0.29) is 23.0 Å². The van der Waals surface area contributed by atoms with Crippen molar-refractivity contribution in [2.75, 3.05) is 16.0 Å². The first-order chi connectivity index (χ1) is 18.5. The zero-order valence-corrected chi connectivity index (χ0v) is 21.0. The lowest BCUT2D eigenvalue weighted by molar-refractivity contribution is -0.137. The van der Waals surface area contributed by atoms with Crippen LogP contribution in [-0.4, -0.2) is 17.0 Å². The van der Waals surface area contributed by atoms with Crippen LogP contribution in [0.2, 0.25) is 0 Å². The largest absolute Gasteiger partial charge is 0.508 e. The molecule has 1 aliphatic rings. The van der Waals surface area contributed by atoms with Gasteiger partial charge in [-0.05, 0) is 60.9 Å². The second-order valence-electron chi connectivity index (χ2n) is 9.46. The molecule has 4 N–H and O–H groups in total. The van der Waals surface area contributed by atoms with Gasteiger partial charge in [-0.15, -0.1) is 0 Å². The minimum atomic E-state index is -4.58. The lowest BCUT2D eigenvalue weighted by Crippen LogP contribution is -2.38. The molecule has 0 fully saturated rings. The summed E-state index contributed by atoms with van der Waals surface area (Å²) in [5.41, 5.74) is 0.855. The van der Waals surface area contributed by atoms with Gasteiger partial charge in [0.05, 0.1) is 11.3 Å². The number of benzene rings is 4. The molecule has 1 atom stereocenters. The Morgan fingerprint density at radius 1 is 0.872 bits per heavy atom. The number of amides is 3. The molecular formula is C30H24F3N3O3. The van der Waals surface area contributed by atoms with Crippen LogP contribution in [0.5, 0.6) is 5.75 Å². The Morgan fingerprint density at radius 3 is 2.28 bits per heavy atom. The van der Waals surface area contributed by atoms with Gasteiger partial charge in [-0.1, -0.05) is 48.5 Å². The molecule has 0 saturated carbocycles. The van der Waals surface area contributed by atoms with E-state index in [1.54, 1.807) is 55.5 Å². The van der Waals surface area contributed by atoms with Crippen molar-refractivity contribution in [3.05, 3.63) is 118 Å². The number of nitrogens with one attached hydrogen (secondary N) is 3. The number of anilines is 3. The van der Waals surface area contributed by atoms with E-state index in [9.17, 15) is 27.9 Å². The molecule has 3 amide bonds. The Hall–Kier alpha value is -4.79. The van der Waals surface area contributed by atoms with Crippen molar-refractivity contribution < 1.29 is 27.9 Å². The van der Waals surface area contributed by atoms with Crippen molar-refractivity contribution in [3.63, 3.8) is 0 Å². The Morgan fingerprint density at radius 2 is 1.56 bits per heavy atom. The molecule has 1 aliphatic heterocycles. The predicted octanol–water partition coefficient (Wildman–Crippen LogP) is 6.96. The van der Waals surface area contributed by atoms with Crippen LogP contribution in [0, 0.1) is 13.8 Å². The lowest BCUT2D eigenvalue weighted by Gasteiger charge is -2.31. The number of carbonyl (C=O) groups excluding carboxylic acids is 2. The quantitative estimate of drug-likeness (QED) is 0.230. The molecule has 9 heteroatoms. The highest BCUT2D eigenvalue weighted by molar-refractivity contribution is 6.13. The number of halogens is 3. The average Bonchev–Trinajstić information content (AvgIpc) is 3.18. The third-order valence-corrected chi connectivity index (χ3v) is 6.78. The van der Waals surface area contributed by atoms with Crippen LogP contribution in [0.4, 0.5) is 35.0 Å². The van der Waals surface area contributed by atoms with Gasteiger partial charge in [0.2, 0.25) is 5.91 Å². The number of aromatic hydroxyl groups is 1. The summed E-state index contributed by atoms with van der Waals surface area (Å²) in [7, 11) is 0. The first-order valence-electron chi connectivity index (χ1n) is 12.1. The second-order valence-corrected chi connectivity index (χ2v) is 9.46. The maximum atomic E-state index is 13.8. The molecule has 4 aromatic rings. The van der Waals surface area contributed by atoms with Crippen molar-refractivity contribution in [1.29, 1.82) is 0 Å². The zero-order chi connectivity index (χ0) is 27.9. The average molecular weight is 532 g/mol. The minimum absolute atomic E-state index is 0.0561. The van der Waals surface area contributed by atoms with Gasteiger partial charge in [-0.25, -0.2) is 4.79 Å². The van der Waals surface area contributed by atoms with E-state index in [1.165, 1.54) is 19.1 Å². The third kappa shape index (κ3) is 4.56.